The maximum atomic E-state index is 12.5. The first-order valence-corrected chi connectivity index (χ1v) is 9.80. The molecule has 2 N–H and O–H groups in total. The molecule has 2 amide bonds. The van der Waals surface area contributed by atoms with Gasteiger partial charge in [-0.05, 0) is 50.8 Å². The third kappa shape index (κ3) is 6.48. The van der Waals surface area contributed by atoms with Crippen molar-refractivity contribution in [1.82, 2.24) is 10.6 Å². The van der Waals surface area contributed by atoms with Crippen molar-refractivity contribution in [2.75, 3.05) is 19.8 Å². The first-order chi connectivity index (χ1) is 13.1. The van der Waals surface area contributed by atoms with Crippen LogP contribution in [0.2, 0.25) is 5.02 Å². The second-order valence-electron chi connectivity index (χ2n) is 8.01. The number of carbonyl (C=O) groups excluding carboxylic acids is 2. The predicted molar refractivity (Wildman–Crippen MR) is 107 cm³/mol. The molecule has 1 aromatic rings. The molecule has 0 unspecified atom stereocenters. The van der Waals surface area contributed by atoms with E-state index in [4.69, 9.17) is 25.8 Å². The van der Waals surface area contributed by atoms with Gasteiger partial charge in [-0.1, -0.05) is 25.4 Å². The number of fused-ring (bicyclic) bond motifs is 1. The van der Waals surface area contributed by atoms with Crippen molar-refractivity contribution in [1.29, 1.82) is 0 Å². The van der Waals surface area contributed by atoms with Gasteiger partial charge in [0.25, 0.3) is 0 Å². The van der Waals surface area contributed by atoms with Gasteiger partial charge in [0.1, 0.15) is 24.9 Å². The maximum Gasteiger partial charge on any atom is 0.408 e. The second-order valence-corrected chi connectivity index (χ2v) is 8.42. The van der Waals surface area contributed by atoms with E-state index in [-0.39, 0.29) is 11.8 Å². The van der Waals surface area contributed by atoms with Crippen molar-refractivity contribution >= 4 is 23.6 Å². The van der Waals surface area contributed by atoms with Crippen molar-refractivity contribution in [3.63, 3.8) is 0 Å². The van der Waals surface area contributed by atoms with Crippen LogP contribution >= 0.6 is 11.6 Å². The Morgan fingerprint density at radius 2 is 1.89 bits per heavy atom. The van der Waals surface area contributed by atoms with Crippen LogP contribution in [-0.2, 0) is 16.0 Å². The zero-order valence-electron chi connectivity index (χ0n) is 17.1. The van der Waals surface area contributed by atoms with Gasteiger partial charge in [0.15, 0.2) is 11.5 Å². The summed E-state index contributed by atoms with van der Waals surface area (Å²) in [4.78, 5) is 24.5. The molecular weight excluding hydrogens is 384 g/mol. The van der Waals surface area contributed by atoms with E-state index in [9.17, 15) is 9.59 Å². The molecule has 1 aliphatic heterocycles. The molecule has 0 saturated heterocycles. The largest absolute Gasteiger partial charge is 0.486 e. The van der Waals surface area contributed by atoms with E-state index < -0.39 is 17.7 Å². The Morgan fingerprint density at radius 3 is 2.54 bits per heavy atom. The standard InChI is InChI=1S/C20H29ClN2O5/c1-12(2)16(23-19(25)28-20(3,4)5)18(24)22-7-6-13-10-14(21)17-15(11-13)26-8-9-27-17/h10-12,16H,6-9H2,1-5H3,(H,22,24)(H,23,25)/t16-/m0/s1. The first-order valence-electron chi connectivity index (χ1n) is 9.42. The Balaban J connectivity index is 1.90. The number of ether oxygens (including phenoxy) is 3. The number of alkyl carbamates (subject to hydrolysis) is 1. The van der Waals surface area contributed by atoms with E-state index in [0.29, 0.717) is 42.7 Å². The van der Waals surface area contributed by atoms with E-state index >= 15 is 0 Å². The monoisotopic (exact) mass is 412 g/mol. The lowest BCUT2D eigenvalue weighted by Crippen LogP contribution is -2.51. The molecule has 0 aliphatic carbocycles. The SMILES string of the molecule is CC(C)[C@H](NC(=O)OC(C)(C)C)C(=O)NCCc1cc(Cl)c2c(c1)OCCO2. The van der Waals surface area contributed by atoms with E-state index in [2.05, 4.69) is 10.6 Å². The molecule has 1 aromatic carbocycles. The fraction of sp³-hybridized carbons (Fsp3) is 0.600. The normalized spacial score (nSPS) is 14.4. The Labute approximate surface area is 171 Å². The van der Waals surface area contributed by atoms with E-state index in [1.165, 1.54) is 0 Å². The average Bonchev–Trinajstić information content (AvgIpc) is 2.58. The van der Waals surface area contributed by atoms with Crippen molar-refractivity contribution < 1.29 is 23.8 Å². The minimum Gasteiger partial charge on any atom is -0.486 e. The topological polar surface area (TPSA) is 85.9 Å². The van der Waals surface area contributed by atoms with Gasteiger partial charge in [-0.2, -0.15) is 0 Å². The fourth-order valence-corrected chi connectivity index (χ4v) is 3.01. The number of hydrogen-bond acceptors (Lipinski definition) is 5. The lowest BCUT2D eigenvalue weighted by molar-refractivity contribution is -0.124. The smallest absolute Gasteiger partial charge is 0.408 e. The lowest BCUT2D eigenvalue weighted by Gasteiger charge is -2.25. The van der Waals surface area contributed by atoms with Crippen molar-refractivity contribution in [3.05, 3.63) is 22.7 Å². The lowest BCUT2D eigenvalue weighted by atomic mass is 10.0. The first kappa shape index (κ1) is 22.1. The number of rotatable bonds is 6. The summed E-state index contributed by atoms with van der Waals surface area (Å²) in [5.74, 6) is 0.828. The van der Waals surface area contributed by atoms with E-state index in [1.807, 2.05) is 19.9 Å². The van der Waals surface area contributed by atoms with Gasteiger partial charge in [0.05, 0.1) is 5.02 Å². The van der Waals surface area contributed by atoms with Gasteiger partial charge in [0, 0.05) is 6.54 Å². The van der Waals surface area contributed by atoms with Crippen LogP contribution in [0.3, 0.4) is 0 Å². The summed E-state index contributed by atoms with van der Waals surface area (Å²) in [7, 11) is 0. The molecule has 0 radical (unpaired) electrons. The summed E-state index contributed by atoms with van der Waals surface area (Å²) in [5.41, 5.74) is 0.301. The molecule has 1 heterocycles. The van der Waals surface area contributed by atoms with Crippen LogP contribution in [0.15, 0.2) is 12.1 Å². The average molecular weight is 413 g/mol. The van der Waals surface area contributed by atoms with Gasteiger partial charge >= 0.3 is 6.09 Å². The molecule has 156 valence electrons. The van der Waals surface area contributed by atoms with Gasteiger partial charge in [0.2, 0.25) is 5.91 Å². The van der Waals surface area contributed by atoms with Gasteiger partial charge < -0.3 is 24.8 Å². The van der Waals surface area contributed by atoms with Crippen LogP contribution in [0.25, 0.3) is 0 Å². The van der Waals surface area contributed by atoms with Crippen LogP contribution in [0.1, 0.15) is 40.2 Å². The molecule has 1 atom stereocenters. The summed E-state index contributed by atoms with van der Waals surface area (Å²) in [5, 5.41) is 5.99. The Hall–Kier alpha value is -2.15. The van der Waals surface area contributed by atoms with Gasteiger partial charge in [-0.15, -0.1) is 0 Å². The van der Waals surface area contributed by atoms with Crippen LogP contribution < -0.4 is 20.1 Å². The van der Waals surface area contributed by atoms with Crippen molar-refractivity contribution in [2.24, 2.45) is 5.92 Å². The highest BCUT2D eigenvalue weighted by Crippen LogP contribution is 2.38. The Bertz CT molecular complexity index is 715. The minimum absolute atomic E-state index is 0.0868. The van der Waals surface area contributed by atoms with Crippen LogP contribution in [0, 0.1) is 5.92 Å². The van der Waals surface area contributed by atoms with Crippen molar-refractivity contribution in [3.8, 4) is 11.5 Å². The number of nitrogens with one attached hydrogen (secondary N) is 2. The zero-order chi connectivity index (χ0) is 20.9. The summed E-state index contributed by atoms with van der Waals surface area (Å²) < 4.78 is 16.3. The maximum absolute atomic E-state index is 12.5. The van der Waals surface area contributed by atoms with E-state index in [1.54, 1.807) is 26.8 Å². The highest BCUT2D eigenvalue weighted by Gasteiger charge is 2.26. The van der Waals surface area contributed by atoms with Crippen LogP contribution in [-0.4, -0.2) is 43.4 Å². The Morgan fingerprint density at radius 1 is 1.21 bits per heavy atom. The summed E-state index contributed by atoms with van der Waals surface area (Å²) in [6, 6.07) is 2.99. The van der Waals surface area contributed by atoms with Crippen LogP contribution in [0.4, 0.5) is 4.79 Å². The summed E-state index contributed by atoms with van der Waals surface area (Å²) in [6.45, 7) is 10.4. The molecule has 8 heteroatoms. The van der Waals surface area contributed by atoms with Gasteiger partial charge in [-0.25, -0.2) is 4.79 Å². The molecule has 0 aromatic heterocycles. The molecule has 0 spiro atoms. The molecule has 28 heavy (non-hydrogen) atoms. The number of hydrogen-bond donors (Lipinski definition) is 2. The molecule has 2 rings (SSSR count). The number of benzene rings is 1. The molecule has 7 nitrogen and oxygen atoms in total. The van der Waals surface area contributed by atoms with E-state index in [0.717, 1.165) is 5.56 Å². The molecule has 0 fully saturated rings. The summed E-state index contributed by atoms with van der Waals surface area (Å²) in [6.07, 6.45) is -0.0423. The van der Waals surface area contributed by atoms with Gasteiger partial charge in [-0.3, -0.25) is 4.79 Å². The third-order valence-electron chi connectivity index (χ3n) is 3.99. The second kappa shape index (κ2) is 9.37. The highest BCUT2D eigenvalue weighted by atomic mass is 35.5. The van der Waals surface area contributed by atoms with Crippen LogP contribution in [0.5, 0.6) is 11.5 Å². The molecule has 0 bridgehead atoms. The highest BCUT2D eigenvalue weighted by molar-refractivity contribution is 6.32. The number of amides is 2. The predicted octanol–water partition coefficient (Wildman–Crippen LogP) is 3.32. The number of carbonyl (C=O) groups is 2. The third-order valence-corrected chi connectivity index (χ3v) is 4.27. The molecule has 1 aliphatic rings. The number of halogens is 1. The molecular formula is C20H29ClN2O5. The van der Waals surface area contributed by atoms with Crippen molar-refractivity contribution in [2.45, 2.75) is 52.7 Å². The molecule has 0 saturated carbocycles. The fourth-order valence-electron chi connectivity index (χ4n) is 2.72. The quantitative estimate of drug-likeness (QED) is 0.748. The summed E-state index contributed by atoms with van der Waals surface area (Å²) >= 11 is 6.24. The zero-order valence-corrected chi connectivity index (χ0v) is 17.8. The Kier molecular flexibility index (Phi) is 7.41. The minimum atomic E-state index is -0.682.